The molecule has 38 heavy (non-hydrogen) atoms. The van der Waals surface area contributed by atoms with E-state index in [1.807, 2.05) is 13.8 Å². The molecule has 2 atom stereocenters. The van der Waals surface area contributed by atoms with E-state index in [0.29, 0.717) is 33.6 Å². The molecule has 2 amide bonds. The molecule has 3 aromatic rings. The van der Waals surface area contributed by atoms with Crippen LogP contribution in [-0.4, -0.2) is 60.9 Å². The predicted octanol–water partition coefficient (Wildman–Crippen LogP) is 4.12. The van der Waals surface area contributed by atoms with Crippen LogP contribution in [0.1, 0.15) is 26.9 Å². The van der Waals surface area contributed by atoms with Gasteiger partial charge < -0.3 is 19.6 Å². The van der Waals surface area contributed by atoms with Crippen molar-refractivity contribution in [3.8, 4) is 5.75 Å². The number of β-lactam (4-membered cyclic amide) rings is 1. The van der Waals surface area contributed by atoms with Gasteiger partial charge in [-0.05, 0) is 55.3 Å². The van der Waals surface area contributed by atoms with Crippen molar-refractivity contribution >= 4 is 64.2 Å². The lowest BCUT2D eigenvalue weighted by Gasteiger charge is -2.49. The molecular weight excluding hydrogens is 572 g/mol. The third-order valence-electron chi connectivity index (χ3n) is 5.81. The topological polar surface area (TPSA) is 135 Å². The summed E-state index contributed by atoms with van der Waals surface area (Å²) >= 11 is 10.3. The summed E-state index contributed by atoms with van der Waals surface area (Å²) < 4.78 is 12.0. The maximum absolute atomic E-state index is 12.9. The van der Waals surface area contributed by atoms with E-state index >= 15 is 0 Å². The molecule has 0 radical (unpaired) electrons. The number of fused-ring (bicyclic) bond motifs is 1. The Kier molecular flexibility index (Phi) is 7.70. The number of thioether (sulfide) groups is 2. The molecule has 0 saturated carbocycles. The van der Waals surface area contributed by atoms with Gasteiger partial charge >= 0.3 is 5.97 Å². The van der Waals surface area contributed by atoms with Gasteiger partial charge in [0, 0.05) is 16.5 Å². The molecule has 10 nitrogen and oxygen atoms in total. The summed E-state index contributed by atoms with van der Waals surface area (Å²) in [6.45, 7) is 3.82. The van der Waals surface area contributed by atoms with Crippen molar-refractivity contribution in [2.75, 3.05) is 11.5 Å². The second-order valence-electron chi connectivity index (χ2n) is 8.46. The number of carboxylic acids is 1. The van der Waals surface area contributed by atoms with Crippen molar-refractivity contribution in [1.29, 1.82) is 0 Å². The van der Waals surface area contributed by atoms with Gasteiger partial charge in [-0.25, -0.2) is 4.79 Å². The largest absolute Gasteiger partial charge is 0.486 e. The number of hydrogen-bond donors (Lipinski definition) is 2. The number of aromatic nitrogens is 2. The van der Waals surface area contributed by atoms with Crippen LogP contribution < -0.4 is 10.1 Å². The predicted molar refractivity (Wildman–Crippen MR) is 144 cm³/mol. The van der Waals surface area contributed by atoms with Gasteiger partial charge in [0.15, 0.2) is 10.1 Å². The van der Waals surface area contributed by atoms with Crippen molar-refractivity contribution in [3.05, 3.63) is 68.7 Å². The SMILES string of the molecule is Cc1nnc(SCC2=C(C(=O)O)N3C(=O)[C@H](NC(=O)c4ccc(COc5ccc(Cl)c(C)c5)o4)[C@@H]3SC2)s1. The lowest BCUT2D eigenvalue weighted by Crippen LogP contribution is -2.70. The van der Waals surface area contributed by atoms with Crippen LogP contribution in [0.2, 0.25) is 5.02 Å². The molecule has 0 aliphatic carbocycles. The highest BCUT2D eigenvalue weighted by molar-refractivity contribution is 8.01. The first-order chi connectivity index (χ1) is 18.2. The molecular formula is C24H21ClN4O6S3. The van der Waals surface area contributed by atoms with Gasteiger partial charge in [-0.2, -0.15) is 0 Å². The lowest BCUT2D eigenvalue weighted by molar-refractivity contribution is -0.148. The van der Waals surface area contributed by atoms with Gasteiger partial charge in [-0.15, -0.1) is 22.0 Å². The summed E-state index contributed by atoms with van der Waals surface area (Å²) in [7, 11) is 0. The van der Waals surface area contributed by atoms with E-state index in [-0.39, 0.29) is 18.1 Å². The van der Waals surface area contributed by atoms with Gasteiger partial charge in [-0.1, -0.05) is 34.7 Å². The van der Waals surface area contributed by atoms with Crippen molar-refractivity contribution < 1.29 is 28.6 Å². The Balaban J connectivity index is 1.20. The van der Waals surface area contributed by atoms with Crippen LogP contribution in [0, 0.1) is 13.8 Å². The summed E-state index contributed by atoms with van der Waals surface area (Å²) in [5.41, 5.74) is 1.47. The highest BCUT2D eigenvalue weighted by atomic mass is 35.5. The maximum atomic E-state index is 12.9. The molecule has 14 heteroatoms. The highest BCUT2D eigenvalue weighted by Gasteiger charge is 2.54. The van der Waals surface area contributed by atoms with E-state index in [9.17, 15) is 19.5 Å². The zero-order valence-corrected chi connectivity index (χ0v) is 23.3. The summed E-state index contributed by atoms with van der Waals surface area (Å²) in [5, 5.41) is 21.5. The van der Waals surface area contributed by atoms with E-state index in [1.165, 1.54) is 45.8 Å². The van der Waals surface area contributed by atoms with Crippen LogP contribution >= 0.6 is 46.5 Å². The van der Waals surface area contributed by atoms with E-state index in [4.69, 9.17) is 20.8 Å². The number of carbonyl (C=O) groups excluding carboxylic acids is 2. The number of rotatable bonds is 9. The smallest absolute Gasteiger partial charge is 0.352 e. The third kappa shape index (κ3) is 5.41. The molecule has 2 N–H and O–H groups in total. The summed E-state index contributed by atoms with van der Waals surface area (Å²) in [5.74, 6) is -0.349. The maximum Gasteiger partial charge on any atom is 0.352 e. The Bertz CT molecular complexity index is 1450. The van der Waals surface area contributed by atoms with Gasteiger partial charge in [-0.3, -0.25) is 14.5 Å². The first kappa shape index (κ1) is 26.6. The third-order valence-corrected chi connectivity index (χ3v) is 9.63. The number of nitrogens with one attached hydrogen (secondary N) is 1. The average Bonchev–Trinajstić information content (AvgIpc) is 3.54. The van der Waals surface area contributed by atoms with Crippen molar-refractivity contribution in [2.24, 2.45) is 0 Å². The monoisotopic (exact) mass is 592 g/mol. The van der Waals surface area contributed by atoms with Crippen molar-refractivity contribution in [2.45, 2.75) is 36.2 Å². The number of aryl methyl sites for hydroxylation is 2. The van der Waals surface area contributed by atoms with E-state index < -0.39 is 29.2 Å². The molecule has 1 fully saturated rings. The molecule has 0 spiro atoms. The van der Waals surface area contributed by atoms with E-state index in [1.54, 1.807) is 24.3 Å². The highest BCUT2D eigenvalue weighted by Crippen LogP contribution is 2.42. The number of benzene rings is 1. The quantitative estimate of drug-likeness (QED) is 0.276. The minimum Gasteiger partial charge on any atom is -0.486 e. The fourth-order valence-corrected chi connectivity index (χ4v) is 7.35. The number of amides is 2. The number of halogens is 1. The van der Waals surface area contributed by atoms with Crippen molar-refractivity contribution in [3.63, 3.8) is 0 Å². The number of hydrogen-bond acceptors (Lipinski definition) is 10. The van der Waals surface area contributed by atoms with Crippen LogP contribution in [0.5, 0.6) is 5.75 Å². The number of carbonyl (C=O) groups is 3. The van der Waals surface area contributed by atoms with Crippen LogP contribution in [0.25, 0.3) is 0 Å². The zero-order valence-electron chi connectivity index (χ0n) is 20.1. The standard InChI is InChI=1S/C24H21ClN4O6S3/c1-11-7-14(3-5-16(11)25)34-8-15-4-6-17(35-15)20(30)26-18-21(31)29-19(23(32)33)13(9-36-22(18)29)10-37-24-28-27-12(2)38-24/h3-7,18,22H,8-10H2,1-2H3,(H,26,30)(H,32,33)/t18-,22-/m0/s1. The van der Waals surface area contributed by atoms with Gasteiger partial charge in [0.25, 0.3) is 11.8 Å². The Morgan fingerprint density at radius 2 is 2.11 bits per heavy atom. The van der Waals surface area contributed by atoms with Crippen LogP contribution in [0.3, 0.4) is 0 Å². The molecule has 2 aliphatic rings. The first-order valence-corrected chi connectivity index (χ1v) is 14.6. The molecule has 5 rings (SSSR count). The summed E-state index contributed by atoms with van der Waals surface area (Å²) in [6.07, 6.45) is 0. The number of carboxylic acid groups (broad SMARTS) is 1. The van der Waals surface area contributed by atoms with Crippen molar-refractivity contribution in [1.82, 2.24) is 20.4 Å². The number of furan rings is 1. The number of aliphatic carboxylic acids is 1. The number of nitrogens with zero attached hydrogens (tertiary/aromatic N) is 3. The minimum absolute atomic E-state index is 0.0291. The molecule has 0 bridgehead atoms. The molecule has 2 aromatic heterocycles. The van der Waals surface area contributed by atoms with Crippen LogP contribution in [-0.2, 0) is 16.2 Å². The Morgan fingerprint density at radius 1 is 1.29 bits per heavy atom. The lowest BCUT2D eigenvalue weighted by atomic mass is 10.0. The number of ether oxygens (including phenoxy) is 1. The minimum atomic E-state index is -1.18. The molecule has 2 aliphatic heterocycles. The molecule has 0 unspecified atom stereocenters. The fourth-order valence-electron chi connectivity index (χ4n) is 3.93. The first-order valence-electron chi connectivity index (χ1n) is 11.3. The Morgan fingerprint density at radius 3 is 2.82 bits per heavy atom. The zero-order chi connectivity index (χ0) is 27.0. The summed E-state index contributed by atoms with van der Waals surface area (Å²) in [6, 6.07) is 7.55. The van der Waals surface area contributed by atoms with E-state index in [0.717, 1.165) is 14.9 Å². The molecule has 198 valence electrons. The van der Waals surface area contributed by atoms with Crippen LogP contribution in [0.15, 0.2) is 50.4 Å². The Labute approximate surface area is 234 Å². The fraction of sp³-hybridized carbons (Fsp3) is 0.292. The second kappa shape index (κ2) is 11.0. The van der Waals surface area contributed by atoms with Gasteiger partial charge in [0.05, 0.1) is 0 Å². The summed E-state index contributed by atoms with van der Waals surface area (Å²) in [4.78, 5) is 39.0. The van der Waals surface area contributed by atoms with Gasteiger partial charge in [0.1, 0.15) is 40.2 Å². The van der Waals surface area contributed by atoms with Crippen LogP contribution in [0.4, 0.5) is 0 Å². The molecule has 1 aromatic carbocycles. The second-order valence-corrected chi connectivity index (χ2v) is 12.4. The normalized spacial score (nSPS) is 18.7. The molecule has 1 saturated heterocycles. The van der Waals surface area contributed by atoms with Gasteiger partial charge in [0.2, 0.25) is 0 Å². The van der Waals surface area contributed by atoms with E-state index in [2.05, 4.69) is 15.5 Å². The average molecular weight is 593 g/mol. The Hall–Kier alpha value is -3.00. The molecule has 4 heterocycles.